The van der Waals surface area contributed by atoms with Gasteiger partial charge in [0.2, 0.25) is 0 Å². The van der Waals surface area contributed by atoms with Gasteiger partial charge in [0, 0.05) is 4.91 Å². The fourth-order valence-electron chi connectivity index (χ4n) is 1.30. The molecule has 0 amide bonds. The largest absolute Gasteiger partial charge is 0.487 e. The molecule has 0 unspecified atom stereocenters. The normalized spacial score (nSPS) is 22.6. The quantitative estimate of drug-likeness (QED) is 0.551. The van der Waals surface area contributed by atoms with E-state index in [1.54, 1.807) is 5.41 Å². The topological polar surface area (TPSA) is 18.5 Å². The monoisotopic (exact) mass is 238 g/mol. The van der Waals surface area contributed by atoms with Gasteiger partial charge in [0.15, 0.2) is 0 Å². The molecule has 0 aromatic carbocycles. The van der Waals surface area contributed by atoms with E-state index in [9.17, 15) is 0 Å². The molecule has 16 heavy (non-hydrogen) atoms. The SMILES string of the molecule is C=CSC(=C)/C=C/B1OC(C)(C)C(C)(C)O1. The van der Waals surface area contributed by atoms with Crippen molar-refractivity contribution in [1.29, 1.82) is 0 Å². The summed E-state index contributed by atoms with van der Waals surface area (Å²) in [6, 6.07) is 0. The molecular formula is C12H19BO2S. The van der Waals surface area contributed by atoms with Crippen molar-refractivity contribution < 1.29 is 9.31 Å². The maximum Gasteiger partial charge on any atom is 0.487 e. The summed E-state index contributed by atoms with van der Waals surface area (Å²) in [5.41, 5.74) is -0.566. The van der Waals surface area contributed by atoms with E-state index in [2.05, 4.69) is 13.2 Å². The second kappa shape index (κ2) is 4.82. The Morgan fingerprint density at radius 1 is 1.19 bits per heavy atom. The Balaban J connectivity index is 2.60. The smallest absolute Gasteiger partial charge is 0.400 e. The van der Waals surface area contributed by atoms with E-state index in [0.717, 1.165) is 4.91 Å². The van der Waals surface area contributed by atoms with Gasteiger partial charge in [-0.1, -0.05) is 37.0 Å². The van der Waals surface area contributed by atoms with E-state index in [1.807, 2.05) is 39.7 Å². The summed E-state index contributed by atoms with van der Waals surface area (Å²) in [7, 11) is -0.299. The Bertz CT molecular complexity index is 305. The molecule has 0 radical (unpaired) electrons. The average molecular weight is 238 g/mol. The minimum atomic E-state index is -0.299. The fraction of sp³-hybridized carbons (Fsp3) is 0.500. The van der Waals surface area contributed by atoms with Crippen LogP contribution in [0.5, 0.6) is 0 Å². The Kier molecular flexibility index (Phi) is 4.10. The van der Waals surface area contributed by atoms with E-state index in [-0.39, 0.29) is 18.3 Å². The Labute approximate surface area is 103 Å². The molecule has 1 heterocycles. The molecule has 0 aromatic rings. The maximum absolute atomic E-state index is 5.81. The lowest BCUT2D eigenvalue weighted by Gasteiger charge is -2.32. The first-order valence-corrected chi connectivity index (χ1v) is 6.17. The number of thioether (sulfide) groups is 1. The molecule has 2 nitrogen and oxygen atoms in total. The molecular weight excluding hydrogens is 219 g/mol. The zero-order valence-electron chi connectivity index (χ0n) is 10.4. The summed E-state index contributed by atoms with van der Waals surface area (Å²) < 4.78 is 11.6. The number of rotatable bonds is 4. The molecule has 0 atom stereocenters. The zero-order chi connectivity index (χ0) is 12.4. The summed E-state index contributed by atoms with van der Waals surface area (Å²) >= 11 is 1.49. The lowest BCUT2D eigenvalue weighted by Crippen LogP contribution is -2.41. The van der Waals surface area contributed by atoms with Gasteiger partial charge < -0.3 is 9.31 Å². The first-order chi connectivity index (χ1) is 7.28. The highest BCUT2D eigenvalue weighted by Gasteiger charge is 2.49. The van der Waals surface area contributed by atoms with Crippen LogP contribution in [0.1, 0.15) is 27.7 Å². The Hall–Kier alpha value is -0.445. The van der Waals surface area contributed by atoms with Crippen LogP contribution in [-0.4, -0.2) is 18.3 Å². The van der Waals surface area contributed by atoms with Crippen molar-refractivity contribution in [3.63, 3.8) is 0 Å². The van der Waals surface area contributed by atoms with Gasteiger partial charge >= 0.3 is 7.12 Å². The second-order valence-electron chi connectivity index (χ2n) is 4.73. The van der Waals surface area contributed by atoms with E-state index < -0.39 is 0 Å². The van der Waals surface area contributed by atoms with Crippen molar-refractivity contribution in [3.8, 4) is 0 Å². The molecule has 1 fully saturated rings. The molecule has 1 rings (SSSR count). The predicted molar refractivity (Wildman–Crippen MR) is 72.2 cm³/mol. The van der Waals surface area contributed by atoms with E-state index in [1.165, 1.54) is 11.8 Å². The summed E-state index contributed by atoms with van der Waals surface area (Å²) in [5.74, 6) is 1.88. The van der Waals surface area contributed by atoms with Gasteiger partial charge in [0.1, 0.15) is 0 Å². The average Bonchev–Trinajstić information content (AvgIpc) is 2.33. The third-order valence-corrected chi connectivity index (χ3v) is 3.55. The van der Waals surface area contributed by atoms with Gasteiger partial charge in [-0.2, -0.15) is 0 Å². The van der Waals surface area contributed by atoms with Crippen LogP contribution in [0.25, 0.3) is 0 Å². The third kappa shape index (κ3) is 3.03. The molecule has 0 aliphatic carbocycles. The number of allylic oxidation sites excluding steroid dienone is 1. The van der Waals surface area contributed by atoms with Crippen LogP contribution in [0.2, 0.25) is 0 Å². The summed E-state index contributed by atoms with van der Waals surface area (Å²) in [4.78, 5) is 0.921. The Morgan fingerprint density at radius 3 is 2.12 bits per heavy atom. The molecule has 0 N–H and O–H groups in total. The first-order valence-electron chi connectivity index (χ1n) is 5.29. The van der Waals surface area contributed by atoms with Gasteiger partial charge in [0.05, 0.1) is 11.2 Å². The lowest BCUT2D eigenvalue weighted by molar-refractivity contribution is 0.00578. The summed E-state index contributed by atoms with van der Waals surface area (Å²) in [6.07, 6.45) is 1.90. The molecule has 0 spiro atoms. The molecule has 1 aliphatic heterocycles. The van der Waals surface area contributed by atoms with Crippen molar-refractivity contribution in [3.05, 3.63) is 35.5 Å². The van der Waals surface area contributed by atoms with Crippen LogP contribution >= 0.6 is 11.8 Å². The highest BCUT2D eigenvalue weighted by molar-refractivity contribution is 8.05. The second-order valence-corrected chi connectivity index (χ2v) is 5.83. The van der Waals surface area contributed by atoms with Crippen LogP contribution in [0.15, 0.2) is 35.5 Å². The highest BCUT2D eigenvalue weighted by Crippen LogP contribution is 2.37. The summed E-state index contributed by atoms with van der Waals surface area (Å²) in [6.45, 7) is 15.6. The molecule has 0 saturated carbocycles. The Morgan fingerprint density at radius 2 is 1.69 bits per heavy atom. The van der Waals surface area contributed by atoms with Crippen molar-refractivity contribution in [2.24, 2.45) is 0 Å². The predicted octanol–water partition coefficient (Wildman–Crippen LogP) is 3.56. The molecule has 88 valence electrons. The highest BCUT2D eigenvalue weighted by atomic mass is 32.2. The number of hydrogen-bond donors (Lipinski definition) is 0. The molecule has 1 aliphatic rings. The van der Waals surface area contributed by atoms with Crippen molar-refractivity contribution in [1.82, 2.24) is 0 Å². The van der Waals surface area contributed by atoms with Gasteiger partial charge in [-0.15, -0.1) is 0 Å². The minimum Gasteiger partial charge on any atom is -0.400 e. The van der Waals surface area contributed by atoms with Gasteiger partial charge in [-0.3, -0.25) is 0 Å². The lowest BCUT2D eigenvalue weighted by atomic mass is 9.90. The van der Waals surface area contributed by atoms with Gasteiger partial charge in [-0.05, 0) is 33.1 Å². The van der Waals surface area contributed by atoms with Crippen molar-refractivity contribution in [2.75, 3.05) is 0 Å². The van der Waals surface area contributed by atoms with Crippen molar-refractivity contribution in [2.45, 2.75) is 38.9 Å². The first kappa shape index (κ1) is 13.6. The molecule has 4 heteroatoms. The number of hydrogen-bond acceptors (Lipinski definition) is 3. The third-order valence-electron chi connectivity index (χ3n) is 2.95. The van der Waals surface area contributed by atoms with Gasteiger partial charge in [0.25, 0.3) is 0 Å². The summed E-state index contributed by atoms with van der Waals surface area (Å²) in [5, 5.41) is 1.75. The standard InChI is InChI=1S/C12H19BO2S/c1-7-16-10(2)8-9-13-14-11(3,4)12(5,6)15-13/h7-9H,1-2H2,3-6H3/b9-8+. The molecule has 0 aromatic heterocycles. The van der Waals surface area contributed by atoms with E-state index >= 15 is 0 Å². The minimum absolute atomic E-state index is 0.283. The van der Waals surface area contributed by atoms with E-state index in [0.29, 0.717) is 0 Å². The fourth-order valence-corrected chi connectivity index (χ4v) is 1.67. The van der Waals surface area contributed by atoms with Crippen LogP contribution < -0.4 is 0 Å². The molecule has 1 saturated heterocycles. The van der Waals surface area contributed by atoms with Crippen LogP contribution in [0.3, 0.4) is 0 Å². The molecule has 0 bridgehead atoms. The van der Waals surface area contributed by atoms with Crippen LogP contribution in [-0.2, 0) is 9.31 Å². The van der Waals surface area contributed by atoms with Crippen molar-refractivity contribution >= 4 is 18.9 Å². The van der Waals surface area contributed by atoms with Crippen LogP contribution in [0.4, 0.5) is 0 Å². The van der Waals surface area contributed by atoms with E-state index in [4.69, 9.17) is 9.31 Å². The van der Waals surface area contributed by atoms with Crippen LogP contribution in [0, 0.1) is 0 Å². The van der Waals surface area contributed by atoms with Gasteiger partial charge in [-0.25, -0.2) is 0 Å². The zero-order valence-corrected chi connectivity index (χ0v) is 11.3. The maximum atomic E-state index is 5.81.